The van der Waals surface area contributed by atoms with Crippen LogP contribution >= 0.6 is 0 Å². The largest absolute Gasteiger partial charge is 0.294 e. The SMILES string of the molecule is CCCCCCC(=O)c1ccc(C)c(F)c1. The van der Waals surface area contributed by atoms with Crippen LogP contribution < -0.4 is 0 Å². The monoisotopic (exact) mass is 222 g/mol. The Kier molecular flexibility index (Phi) is 5.17. The first-order valence-electron chi connectivity index (χ1n) is 5.94. The second-order valence-electron chi connectivity index (χ2n) is 4.20. The van der Waals surface area contributed by atoms with Crippen LogP contribution in [0, 0.1) is 12.7 Å². The molecule has 1 aromatic rings. The van der Waals surface area contributed by atoms with Crippen molar-refractivity contribution in [2.24, 2.45) is 0 Å². The Balaban J connectivity index is 2.50. The van der Waals surface area contributed by atoms with Gasteiger partial charge in [0.05, 0.1) is 0 Å². The minimum atomic E-state index is -0.292. The van der Waals surface area contributed by atoms with Crippen LogP contribution in [0.25, 0.3) is 0 Å². The highest BCUT2D eigenvalue weighted by atomic mass is 19.1. The fourth-order valence-electron chi connectivity index (χ4n) is 1.62. The Hall–Kier alpha value is -1.18. The number of unbranched alkanes of at least 4 members (excludes halogenated alkanes) is 3. The fraction of sp³-hybridized carbons (Fsp3) is 0.500. The van der Waals surface area contributed by atoms with Gasteiger partial charge in [0.1, 0.15) is 5.82 Å². The minimum Gasteiger partial charge on any atom is -0.294 e. The van der Waals surface area contributed by atoms with Gasteiger partial charge in [-0.15, -0.1) is 0 Å². The molecule has 0 unspecified atom stereocenters. The second kappa shape index (κ2) is 6.41. The molecule has 0 heterocycles. The predicted molar refractivity (Wildman–Crippen MR) is 64.2 cm³/mol. The Morgan fingerprint density at radius 3 is 2.62 bits per heavy atom. The number of carbonyl (C=O) groups excluding carboxylic acids is 1. The van der Waals surface area contributed by atoms with Crippen LogP contribution in [0.4, 0.5) is 4.39 Å². The summed E-state index contributed by atoms with van der Waals surface area (Å²) in [6, 6.07) is 4.71. The molecule has 0 fully saturated rings. The first kappa shape index (κ1) is 12.9. The summed E-state index contributed by atoms with van der Waals surface area (Å²) < 4.78 is 13.2. The number of Topliss-reactive ketones (excluding diaryl/α,β-unsaturated/α-hetero) is 1. The fourth-order valence-corrected chi connectivity index (χ4v) is 1.62. The van der Waals surface area contributed by atoms with Crippen molar-refractivity contribution in [1.82, 2.24) is 0 Å². The third kappa shape index (κ3) is 3.76. The number of aryl methyl sites for hydroxylation is 1. The molecule has 1 rings (SSSR count). The minimum absolute atomic E-state index is 0.0509. The van der Waals surface area contributed by atoms with E-state index in [1.54, 1.807) is 19.1 Å². The van der Waals surface area contributed by atoms with E-state index in [0.717, 1.165) is 25.7 Å². The molecule has 0 spiro atoms. The highest BCUT2D eigenvalue weighted by molar-refractivity contribution is 5.96. The smallest absolute Gasteiger partial charge is 0.162 e. The topological polar surface area (TPSA) is 17.1 Å². The summed E-state index contributed by atoms with van der Waals surface area (Å²) in [4.78, 5) is 11.7. The third-order valence-electron chi connectivity index (χ3n) is 2.75. The maximum absolute atomic E-state index is 13.2. The van der Waals surface area contributed by atoms with Gasteiger partial charge < -0.3 is 0 Å². The molecule has 0 saturated heterocycles. The molecular weight excluding hydrogens is 203 g/mol. The van der Waals surface area contributed by atoms with Crippen LogP contribution in [0.3, 0.4) is 0 Å². The van der Waals surface area contributed by atoms with Gasteiger partial charge in [0.2, 0.25) is 0 Å². The number of hydrogen-bond acceptors (Lipinski definition) is 1. The molecule has 0 aliphatic heterocycles. The van der Waals surface area contributed by atoms with Gasteiger partial charge in [0, 0.05) is 12.0 Å². The van der Waals surface area contributed by atoms with Crippen molar-refractivity contribution in [2.45, 2.75) is 46.0 Å². The van der Waals surface area contributed by atoms with Crippen molar-refractivity contribution in [2.75, 3.05) is 0 Å². The highest BCUT2D eigenvalue weighted by Gasteiger charge is 2.07. The quantitative estimate of drug-likeness (QED) is 0.518. The van der Waals surface area contributed by atoms with Gasteiger partial charge >= 0.3 is 0 Å². The normalized spacial score (nSPS) is 10.4. The zero-order valence-corrected chi connectivity index (χ0v) is 10.1. The van der Waals surface area contributed by atoms with Gasteiger partial charge in [-0.05, 0) is 25.0 Å². The van der Waals surface area contributed by atoms with Gasteiger partial charge in [-0.2, -0.15) is 0 Å². The van der Waals surface area contributed by atoms with E-state index in [9.17, 15) is 9.18 Å². The maximum Gasteiger partial charge on any atom is 0.162 e. The summed E-state index contributed by atoms with van der Waals surface area (Å²) in [5, 5.41) is 0. The number of carbonyl (C=O) groups is 1. The molecule has 0 atom stereocenters. The molecule has 0 aliphatic carbocycles. The molecule has 2 heteroatoms. The number of hydrogen-bond donors (Lipinski definition) is 0. The van der Waals surface area contributed by atoms with Crippen molar-refractivity contribution in [1.29, 1.82) is 0 Å². The summed E-state index contributed by atoms with van der Waals surface area (Å²) in [7, 11) is 0. The number of halogens is 1. The Labute approximate surface area is 96.7 Å². The maximum atomic E-state index is 13.2. The third-order valence-corrected chi connectivity index (χ3v) is 2.75. The highest BCUT2D eigenvalue weighted by Crippen LogP contribution is 2.13. The molecule has 16 heavy (non-hydrogen) atoms. The van der Waals surface area contributed by atoms with E-state index in [1.165, 1.54) is 6.07 Å². The number of ketones is 1. The summed E-state index contributed by atoms with van der Waals surface area (Å²) >= 11 is 0. The molecule has 0 saturated carbocycles. The average molecular weight is 222 g/mol. The van der Waals surface area contributed by atoms with Gasteiger partial charge in [-0.1, -0.05) is 38.3 Å². The molecule has 0 radical (unpaired) electrons. The van der Waals surface area contributed by atoms with Gasteiger partial charge in [0.15, 0.2) is 5.78 Å². The van der Waals surface area contributed by atoms with Gasteiger partial charge in [-0.25, -0.2) is 4.39 Å². The zero-order chi connectivity index (χ0) is 12.0. The number of rotatable bonds is 6. The molecule has 1 nitrogen and oxygen atoms in total. The lowest BCUT2D eigenvalue weighted by Crippen LogP contribution is -2.00. The molecule has 0 aromatic heterocycles. The van der Waals surface area contributed by atoms with Crippen LogP contribution in [-0.4, -0.2) is 5.78 Å². The summed E-state index contributed by atoms with van der Waals surface area (Å²) in [6.07, 6.45) is 4.84. The lowest BCUT2D eigenvalue weighted by atomic mass is 10.0. The summed E-state index contributed by atoms with van der Waals surface area (Å²) in [6.45, 7) is 3.84. The average Bonchev–Trinajstić information content (AvgIpc) is 2.28. The van der Waals surface area contributed by atoms with E-state index >= 15 is 0 Å². The first-order valence-corrected chi connectivity index (χ1v) is 5.94. The van der Waals surface area contributed by atoms with Crippen molar-refractivity contribution >= 4 is 5.78 Å². The molecule has 0 amide bonds. The second-order valence-corrected chi connectivity index (χ2v) is 4.20. The van der Waals surface area contributed by atoms with E-state index in [4.69, 9.17) is 0 Å². The van der Waals surface area contributed by atoms with E-state index in [-0.39, 0.29) is 11.6 Å². The van der Waals surface area contributed by atoms with Crippen molar-refractivity contribution in [3.05, 3.63) is 35.1 Å². The van der Waals surface area contributed by atoms with Gasteiger partial charge in [-0.3, -0.25) is 4.79 Å². The molecule has 1 aromatic carbocycles. The van der Waals surface area contributed by atoms with Crippen LogP contribution in [0.15, 0.2) is 18.2 Å². The van der Waals surface area contributed by atoms with Crippen LogP contribution in [-0.2, 0) is 0 Å². The Morgan fingerprint density at radius 2 is 2.00 bits per heavy atom. The molecule has 0 aliphatic rings. The lowest BCUT2D eigenvalue weighted by Gasteiger charge is -2.02. The summed E-state index contributed by atoms with van der Waals surface area (Å²) in [5.74, 6) is -0.241. The molecule has 0 N–H and O–H groups in total. The Morgan fingerprint density at radius 1 is 1.25 bits per heavy atom. The zero-order valence-electron chi connectivity index (χ0n) is 10.1. The van der Waals surface area contributed by atoms with E-state index in [2.05, 4.69) is 6.92 Å². The molecule has 88 valence electrons. The van der Waals surface area contributed by atoms with Crippen molar-refractivity contribution < 1.29 is 9.18 Å². The molecule has 0 bridgehead atoms. The van der Waals surface area contributed by atoms with Crippen LogP contribution in [0.5, 0.6) is 0 Å². The van der Waals surface area contributed by atoms with Crippen molar-refractivity contribution in [3.63, 3.8) is 0 Å². The van der Waals surface area contributed by atoms with E-state index in [0.29, 0.717) is 17.5 Å². The van der Waals surface area contributed by atoms with Crippen molar-refractivity contribution in [3.8, 4) is 0 Å². The first-order chi connectivity index (χ1) is 7.65. The van der Waals surface area contributed by atoms with Crippen LogP contribution in [0.2, 0.25) is 0 Å². The predicted octanol–water partition coefficient (Wildman–Crippen LogP) is 4.29. The van der Waals surface area contributed by atoms with E-state index in [1.807, 2.05) is 0 Å². The standard InChI is InChI=1S/C14H19FO/c1-3-4-5-6-7-14(16)12-9-8-11(2)13(15)10-12/h8-10H,3-7H2,1-2H3. The van der Waals surface area contributed by atoms with Crippen LogP contribution in [0.1, 0.15) is 54.9 Å². The van der Waals surface area contributed by atoms with E-state index < -0.39 is 0 Å². The van der Waals surface area contributed by atoms with Gasteiger partial charge in [0.25, 0.3) is 0 Å². The summed E-state index contributed by atoms with van der Waals surface area (Å²) in [5.41, 5.74) is 1.09. The molecular formula is C14H19FO. The Bertz CT molecular complexity index is 358. The number of benzene rings is 1. The lowest BCUT2D eigenvalue weighted by molar-refractivity contribution is 0.0978.